The SMILES string of the molecule is O=C(O)CCc1cc(F)c(Br)c(F)c1. The fourth-order valence-corrected chi connectivity index (χ4v) is 1.23. The highest BCUT2D eigenvalue weighted by molar-refractivity contribution is 9.10. The van der Waals surface area contributed by atoms with E-state index < -0.39 is 17.6 Å². The van der Waals surface area contributed by atoms with Crippen LogP contribution < -0.4 is 0 Å². The molecule has 0 heterocycles. The number of rotatable bonds is 3. The lowest BCUT2D eigenvalue weighted by Gasteiger charge is -2.02. The van der Waals surface area contributed by atoms with Crippen LogP contribution in [0.3, 0.4) is 0 Å². The van der Waals surface area contributed by atoms with Gasteiger partial charge in [0.05, 0.1) is 4.47 Å². The molecule has 76 valence electrons. The third-order valence-corrected chi connectivity index (χ3v) is 2.43. The fraction of sp³-hybridized carbons (Fsp3) is 0.222. The van der Waals surface area contributed by atoms with Crippen molar-refractivity contribution >= 4 is 21.9 Å². The molecular weight excluding hydrogens is 258 g/mol. The van der Waals surface area contributed by atoms with Crippen LogP contribution in [-0.2, 0) is 11.2 Å². The molecule has 0 radical (unpaired) electrons. The molecule has 0 saturated heterocycles. The summed E-state index contributed by atoms with van der Waals surface area (Å²) in [6.45, 7) is 0. The van der Waals surface area contributed by atoms with E-state index in [0.29, 0.717) is 5.56 Å². The average Bonchev–Trinajstić information content (AvgIpc) is 2.10. The van der Waals surface area contributed by atoms with Gasteiger partial charge in [-0.25, -0.2) is 8.78 Å². The van der Waals surface area contributed by atoms with Gasteiger partial charge >= 0.3 is 5.97 Å². The molecule has 0 aliphatic heterocycles. The molecule has 0 aromatic heterocycles. The largest absolute Gasteiger partial charge is 0.481 e. The normalized spacial score (nSPS) is 10.2. The van der Waals surface area contributed by atoms with Crippen molar-refractivity contribution in [2.24, 2.45) is 0 Å². The first-order valence-corrected chi connectivity index (χ1v) is 4.65. The van der Waals surface area contributed by atoms with Crippen molar-refractivity contribution in [3.05, 3.63) is 33.8 Å². The van der Waals surface area contributed by atoms with Gasteiger partial charge in [0.25, 0.3) is 0 Å². The summed E-state index contributed by atoms with van der Waals surface area (Å²) >= 11 is 2.73. The van der Waals surface area contributed by atoms with Gasteiger partial charge in [0.2, 0.25) is 0 Å². The molecule has 2 nitrogen and oxygen atoms in total. The molecule has 0 saturated carbocycles. The monoisotopic (exact) mass is 264 g/mol. The van der Waals surface area contributed by atoms with E-state index in [1.807, 2.05) is 0 Å². The first kappa shape index (κ1) is 11.1. The summed E-state index contributed by atoms with van der Waals surface area (Å²) in [4.78, 5) is 10.2. The molecule has 0 amide bonds. The second-order valence-electron chi connectivity index (χ2n) is 2.77. The molecule has 0 fully saturated rings. The molecule has 1 N–H and O–H groups in total. The van der Waals surface area contributed by atoms with Crippen LogP contribution in [0.15, 0.2) is 16.6 Å². The summed E-state index contributed by atoms with van der Waals surface area (Å²) in [5.74, 6) is -2.43. The second kappa shape index (κ2) is 4.50. The smallest absolute Gasteiger partial charge is 0.303 e. The van der Waals surface area contributed by atoms with E-state index in [4.69, 9.17) is 5.11 Å². The van der Waals surface area contributed by atoms with Crippen molar-refractivity contribution in [1.29, 1.82) is 0 Å². The Labute approximate surface area is 87.7 Å². The zero-order valence-corrected chi connectivity index (χ0v) is 8.64. The standard InChI is InChI=1S/C9H7BrF2O2/c10-9-6(11)3-5(4-7(9)12)1-2-8(13)14/h3-4H,1-2H2,(H,13,14). The van der Waals surface area contributed by atoms with Crippen LogP contribution in [0.2, 0.25) is 0 Å². The minimum atomic E-state index is -0.992. The van der Waals surface area contributed by atoms with Gasteiger partial charge in [0, 0.05) is 6.42 Å². The molecule has 14 heavy (non-hydrogen) atoms. The Kier molecular flexibility index (Phi) is 3.57. The molecule has 0 atom stereocenters. The Balaban J connectivity index is 2.84. The number of hydrogen-bond acceptors (Lipinski definition) is 1. The lowest BCUT2D eigenvalue weighted by Crippen LogP contribution is -1.99. The van der Waals surface area contributed by atoms with E-state index in [1.165, 1.54) is 0 Å². The van der Waals surface area contributed by atoms with Gasteiger partial charge in [-0.1, -0.05) is 0 Å². The van der Waals surface area contributed by atoms with Crippen LogP contribution in [0, 0.1) is 11.6 Å². The van der Waals surface area contributed by atoms with Gasteiger partial charge in [-0.05, 0) is 40.0 Å². The Bertz CT molecular complexity index is 343. The molecule has 0 aliphatic rings. The molecule has 0 aliphatic carbocycles. The van der Waals surface area contributed by atoms with Crippen molar-refractivity contribution in [3.8, 4) is 0 Å². The summed E-state index contributed by atoms with van der Waals surface area (Å²) in [5.41, 5.74) is 0.339. The van der Waals surface area contributed by atoms with E-state index >= 15 is 0 Å². The first-order valence-electron chi connectivity index (χ1n) is 3.86. The number of carbonyl (C=O) groups is 1. The van der Waals surface area contributed by atoms with Crippen molar-refractivity contribution in [2.75, 3.05) is 0 Å². The quantitative estimate of drug-likeness (QED) is 0.853. The van der Waals surface area contributed by atoms with Crippen LogP contribution >= 0.6 is 15.9 Å². The van der Waals surface area contributed by atoms with E-state index in [9.17, 15) is 13.6 Å². The van der Waals surface area contributed by atoms with Gasteiger partial charge in [-0.15, -0.1) is 0 Å². The molecular formula is C9H7BrF2O2. The van der Waals surface area contributed by atoms with Gasteiger partial charge in [-0.2, -0.15) is 0 Å². The average molecular weight is 265 g/mol. The van der Waals surface area contributed by atoms with Crippen molar-refractivity contribution < 1.29 is 18.7 Å². The second-order valence-corrected chi connectivity index (χ2v) is 3.56. The van der Waals surface area contributed by atoms with E-state index in [2.05, 4.69) is 15.9 Å². The predicted octanol–water partition coefficient (Wildman–Crippen LogP) is 2.74. The maximum atomic E-state index is 12.9. The number of benzene rings is 1. The highest BCUT2D eigenvalue weighted by atomic mass is 79.9. The zero-order chi connectivity index (χ0) is 10.7. The summed E-state index contributed by atoms with van der Waals surface area (Å²) < 4.78 is 25.6. The molecule has 5 heteroatoms. The van der Waals surface area contributed by atoms with Crippen LogP contribution in [0.5, 0.6) is 0 Å². The van der Waals surface area contributed by atoms with E-state index in [-0.39, 0.29) is 17.3 Å². The minimum Gasteiger partial charge on any atom is -0.481 e. The van der Waals surface area contributed by atoms with Crippen LogP contribution in [0.4, 0.5) is 8.78 Å². The highest BCUT2D eigenvalue weighted by Gasteiger charge is 2.08. The van der Waals surface area contributed by atoms with Crippen molar-refractivity contribution in [2.45, 2.75) is 12.8 Å². The molecule has 1 aromatic carbocycles. The maximum Gasteiger partial charge on any atom is 0.303 e. The first-order chi connectivity index (χ1) is 6.50. The highest BCUT2D eigenvalue weighted by Crippen LogP contribution is 2.21. The Morgan fingerprint density at radius 1 is 1.36 bits per heavy atom. The Hall–Kier alpha value is -0.970. The number of carboxylic acids is 1. The molecule has 0 spiro atoms. The number of aliphatic carboxylic acids is 1. The number of halogens is 3. The van der Waals surface area contributed by atoms with Gasteiger partial charge in [0.1, 0.15) is 11.6 Å². The lowest BCUT2D eigenvalue weighted by molar-refractivity contribution is -0.136. The lowest BCUT2D eigenvalue weighted by atomic mass is 10.1. The number of carboxylic acid groups (broad SMARTS) is 1. The van der Waals surface area contributed by atoms with Crippen molar-refractivity contribution in [3.63, 3.8) is 0 Å². The van der Waals surface area contributed by atoms with Gasteiger partial charge < -0.3 is 5.11 Å². The molecule has 0 bridgehead atoms. The molecule has 1 aromatic rings. The van der Waals surface area contributed by atoms with Crippen molar-refractivity contribution in [1.82, 2.24) is 0 Å². The van der Waals surface area contributed by atoms with Gasteiger partial charge in [0.15, 0.2) is 0 Å². The van der Waals surface area contributed by atoms with E-state index in [0.717, 1.165) is 12.1 Å². The van der Waals surface area contributed by atoms with Crippen LogP contribution in [-0.4, -0.2) is 11.1 Å². The van der Waals surface area contributed by atoms with E-state index in [1.54, 1.807) is 0 Å². The number of hydrogen-bond donors (Lipinski definition) is 1. The summed E-state index contributed by atoms with van der Waals surface area (Å²) in [6, 6.07) is 2.24. The Morgan fingerprint density at radius 3 is 2.29 bits per heavy atom. The third-order valence-electron chi connectivity index (χ3n) is 1.67. The summed E-state index contributed by atoms with van der Waals surface area (Å²) in [6.07, 6.45) is -0.0169. The third kappa shape index (κ3) is 2.77. The summed E-state index contributed by atoms with van der Waals surface area (Å²) in [7, 11) is 0. The topological polar surface area (TPSA) is 37.3 Å². The molecule has 0 unspecified atom stereocenters. The fourth-order valence-electron chi connectivity index (χ4n) is 1.00. The Morgan fingerprint density at radius 2 is 1.86 bits per heavy atom. The van der Waals surface area contributed by atoms with Gasteiger partial charge in [-0.3, -0.25) is 4.79 Å². The number of aryl methyl sites for hydroxylation is 1. The predicted molar refractivity (Wildman–Crippen MR) is 50.0 cm³/mol. The molecule has 1 rings (SSSR count). The summed E-state index contributed by atoms with van der Waals surface area (Å²) in [5, 5.41) is 8.37. The van der Waals surface area contributed by atoms with Crippen LogP contribution in [0.1, 0.15) is 12.0 Å². The minimum absolute atomic E-state index is 0.121. The zero-order valence-electron chi connectivity index (χ0n) is 7.06. The van der Waals surface area contributed by atoms with Crippen LogP contribution in [0.25, 0.3) is 0 Å². The maximum absolute atomic E-state index is 12.9.